The Bertz CT molecular complexity index is 1120. The number of halogens is 1. The summed E-state index contributed by atoms with van der Waals surface area (Å²) < 4.78 is 4.34. The molecule has 4 heteroatoms. The Labute approximate surface area is 151 Å². The van der Waals surface area contributed by atoms with Crippen LogP contribution in [0.2, 0.25) is 0 Å². The fraction of sp³-hybridized carbons (Fsp3) is 0.190. The van der Waals surface area contributed by atoms with Gasteiger partial charge in [-0.25, -0.2) is 0 Å². The van der Waals surface area contributed by atoms with E-state index in [-0.39, 0.29) is 5.78 Å². The van der Waals surface area contributed by atoms with Crippen molar-refractivity contribution < 1.29 is 4.79 Å². The number of rotatable bonds is 3. The molecule has 0 saturated heterocycles. The number of para-hydroxylation sites is 1. The van der Waals surface area contributed by atoms with E-state index in [9.17, 15) is 4.79 Å². The summed E-state index contributed by atoms with van der Waals surface area (Å²) in [7, 11) is 4.12. The molecule has 0 amide bonds. The highest BCUT2D eigenvalue weighted by atomic mass is 35.5. The van der Waals surface area contributed by atoms with Crippen LogP contribution in [-0.4, -0.2) is 20.3 Å². The van der Waals surface area contributed by atoms with Gasteiger partial charge in [-0.15, -0.1) is 11.6 Å². The molecule has 3 nitrogen and oxygen atoms in total. The predicted octanol–water partition coefficient (Wildman–Crippen LogP) is 5.15. The lowest BCUT2D eigenvalue weighted by Crippen LogP contribution is -2.10. The van der Waals surface area contributed by atoms with E-state index in [4.69, 9.17) is 11.6 Å². The minimum Gasteiger partial charge on any atom is -0.342 e. The van der Waals surface area contributed by atoms with E-state index in [0.29, 0.717) is 5.56 Å². The molecule has 4 rings (SSSR count). The predicted molar refractivity (Wildman–Crippen MR) is 104 cm³/mol. The number of hydrogen-bond acceptors (Lipinski definition) is 1. The van der Waals surface area contributed by atoms with Gasteiger partial charge in [-0.2, -0.15) is 0 Å². The van der Waals surface area contributed by atoms with Gasteiger partial charge in [-0.05, 0) is 31.2 Å². The van der Waals surface area contributed by atoms with Gasteiger partial charge < -0.3 is 9.13 Å². The van der Waals surface area contributed by atoms with Crippen molar-refractivity contribution >= 4 is 39.2 Å². The Morgan fingerprint density at radius 3 is 2.12 bits per heavy atom. The van der Waals surface area contributed by atoms with E-state index in [1.807, 2.05) is 25.2 Å². The normalized spacial score (nSPS) is 12.8. The van der Waals surface area contributed by atoms with E-state index in [1.165, 1.54) is 10.9 Å². The second-order valence-corrected chi connectivity index (χ2v) is 7.14. The zero-order valence-electron chi connectivity index (χ0n) is 14.5. The molecule has 126 valence electrons. The number of alkyl halides is 1. The summed E-state index contributed by atoms with van der Waals surface area (Å²) >= 11 is 5.96. The van der Waals surface area contributed by atoms with Crippen LogP contribution >= 0.6 is 11.6 Å². The number of nitrogens with zero attached hydrogens (tertiary/aromatic N) is 2. The molecule has 2 aromatic heterocycles. The Morgan fingerprint density at radius 1 is 0.880 bits per heavy atom. The number of aryl methyl sites for hydroxylation is 2. The van der Waals surface area contributed by atoms with Gasteiger partial charge in [0.25, 0.3) is 0 Å². The van der Waals surface area contributed by atoms with Crippen LogP contribution in [0.25, 0.3) is 33.2 Å². The third-order valence-electron chi connectivity index (χ3n) is 4.91. The van der Waals surface area contributed by atoms with Crippen LogP contribution < -0.4 is 0 Å². The average Bonchev–Trinajstić information content (AvgIpc) is 3.12. The molecule has 2 aromatic carbocycles. The molecule has 0 bridgehead atoms. The molecule has 0 N–H and O–H groups in total. The summed E-state index contributed by atoms with van der Waals surface area (Å²) in [4.78, 5) is 12.2. The highest BCUT2D eigenvalue weighted by Gasteiger charge is 2.16. The van der Waals surface area contributed by atoms with Gasteiger partial charge in [0, 0.05) is 41.5 Å². The smallest absolute Gasteiger partial charge is 0.180 e. The van der Waals surface area contributed by atoms with Crippen LogP contribution in [0.1, 0.15) is 17.3 Å². The molecule has 2 heterocycles. The minimum atomic E-state index is -0.518. The van der Waals surface area contributed by atoms with Crippen LogP contribution in [0.5, 0.6) is 0 Å². The lowest BCUT2D eigenvalue weighted by Gasteiger charge is -2.07. The Balaban J connectivity index is 1.92. The zero-order chi connectivity index (χ0) is 17.7. The highest BCUT2D eigenvalue weighted by Crippen LogP contribution is 2.31. The first-order valence-electron chi connectivity index (χ1n) is 8.30. The van der Waals surface area contributed by atoms with Crippen molar-refractivity contribution in [1.82, 2.24) is 9.13 Å². The van der Waals surface area contributed by atoms with Gasteiger partial charge >= 0.3 is 0 Å². The second kappa shape index (κ2) is 5.78. The van der Waals surface area contributed by atoms with Crippen molar-refractivity contribution in [2.75, 3.05) is 0 Å². The summed E-state index contributed by atoms with van der Waals surface area (Å²) in [6.45, 7) is 1.71. The number of hydrogen-bond donors (Lipinski definition) is 0. The molecule has 0 aliphatic heterocycles. The van der Waals surface area contributed by atoms with Gasteiger partial charge in [0.2, 0.25) is 0 Å². The molecule has 0 fully saturated rings. The number of benzene rings is 2. The van der Waals surface area contributed by atoms with Crippen molar-refractivity contribution in [2.24, 2.45) is 14.1 Å². The van der Waals surface area contributed by atoms with Crippen LogP contribution in [0.15, 0.2) is 54.6 Å². The molecule has 0 spiro atoms. The van der Waals surface area contributed by atoms with Gasteiger partial charge in [-0.3, -0.25) is 4.79 Å². The van der Waals surface area contributed by atoms with Crippen molar-refractivity contribution in [1.29, 1.82) is 0 Å². The minimum absolute atomic E-state index is 0.0454. The lowest BCUT2D eigenvalue weighted by atomic mass is 10.1. The molecule has 0 saturated carbocycles. The standard InChI is InChI=1S/C21H19ClN2O/c1-13(22)21(25)16-9-8-15-11-20(24(3)18(15)12-16)19-10-14-6-4-5-7-17(14)23(19)2/h4-13H,1-3H3. The first-order valence-corrected chi connectivity index (χ1v) is 8.73. The molecule has 0 radical (unpaired) electrons. The number of carbonyl (C=O) groups is 1. The van der Waals surface area contributed by atoms with Crippen molar-refractivity contribution in [3.8, 4) is 11.4 Å². The number of aromatic nitrogens is 2. The summed E-state index contributed by atoms with van der Waals surface area (Å²) in [6.07, 6.45) is 0. The molecule has 4 aromatic rings. The van der Waals surface area contributed by atoms with E-state index in [1.54, 1.807) is 6.92 Å². The first kappa shape index (κ1) is 16.0. The van der Waals surface area contributed by atoms with Crippen LogP contribution in [-0.2, 0) is 14.1 Å². The molecule has 25 heavy (non-hydrogen) atoms. The monoisotopic (exact) mass is 350 g/mol. The third kappa shape index (κ3) is 2.47. The molecule has 0 aliphatic rings. The maximum absolute atomic E-state index is 12.2. The topological polar surface area (TPSA) is 26.9 Å². The van der Waals surface area contributed by atoms with Crippen molar-refractivity contribution in [3.05, 3.63) is 60.2 Å². The summed E-state index contributed by atoms with van der Waals surface area (Å²) in [5.41, 5.74) is 5.16. The molecular formula is C21H19ClN2O. The highest BCUT2D eigenvalue weighted by molar-refractivity contribution is 6.33. The van der Waals surface area contributed by atoms with E-state index in [2.05, 4.69) is 52.6 Å². The zero-order valence-corrected chi connectivity index (χ0v) is 15.2. The number of Topliss-reactive ketones (excluding diaryl/α,β-unsaturated/α-hetero) is 1. The van der Waals surface area contributed by atoms with Crippen molar-refractivity contribution in [2.45, 2.75) is 12.3 Å². The second-order valence-electron chi connectivity index (χ2n) is 6.49. The number of carbonyl (C=O) groups excluding carboxylic acids is 1. The fourth-order valence-corrected chi connectivity index (χ4v) is 3.62. The number of fused-ring (bicyclic) bond motifs is 2. The Morgan fingerprint density at radius 2 is 1.48 bits per heavy atom. The summed E-state index contributed by atoms with van der Waals surface area (Å²) in [6, 6.07) is 18.5. The van der Waals surface area contributed by atoms with Crippen LogP contribution in [0, 0.1) is 0 Å². The van der Waals surface area contributed by atoms with Crippen LogP contribution in [0.3, 0.4) is 0 Å². The van der Waals surface area contributed by atoms with Gasteiger partial charge in [-0.1, -0.05) is 30.3 Å². The summed E-state index contributed by atoms with van der Waals surface area (Å²) in [5.74, 6) is -0.0454. The molecule has 1 atom stereocenters. The molecule has 0 aliphatic carbocycles. The maximum Gasteiger partial charge on any atom is 0.180 e. The average molecular weight is 351 g/mol. The van der Waals surface area contributed by atoms with E-state index in [0.717, 1.165) is 22.3 Å². The Kier molecular flexibility index (Phi) is 3.69. The quantitative estimate of drug-likeness (QED) is 0.371. The largest absolute Gasteiger partial charge is 0.342 e. The number of ketones is 1. The van der Waals surface area contributed by atoms with Gasteiger partial charge in [0.1, 0.15) is 0 Å². The first-order chi connectivity index (χ1) is 12.0. The van der Waals surface area contributed by atoms with E-state index >= 15 is 0 Å². The maximum atomic E-state index is 12.2. The SMILES string of the molecule is CC(Cl)C(=O)c1ccc2cc(-c3cc4ccccc4n3C)n(C)c2c1. The summed E-state index contributed by atoms with van der Waals surface area (Å²) in [5, 5.41) is 1.81. The fourth-order valence-electron chi connectivity index (χ4n) is 3.49. The van der Waals surface area contributed by atoms with Gasteiger partial charge in [0.05, 0.1) is 16.8 Å². The molecular weight excluding hydrogens is 332 g/mol. The van der Waals surface area contributed by atoms with Crippen LogP contribution in [0.4, 0.5) is 0 Å². The van der Waals surface area contributed by atoms with Crippen molar-refractivity contribution in [3.63, 3.8) is 0 Å². The van der Waals surface area contributed by atoms with Gasteiger partial charge in [0.15, 0.2) is 5.78 Å². The third-order valence-corrected chi connectivity index (χ3v) is 5.10. The Hall–Kier alpha value is -2.52. The lowest BCUT2D eigenvalue weighted by molar-refractivity contribution is 0.0992. The molecule has 1 unspecified atom stereocenters. The van der Waals surface area contributed by atoms with E-state index < -0.39 is 5.38 Å².